The minimum atomic E-state index is -0.846. The Kier molecular flexibility index (Phi) is 3.57. The number of hydrogen-bond acceptors (Lipinski definition) is 5. The van der Waals surface area contributed by atoms with Crippen LogP contribution in [0.15, 0.2) is 23.5 Å². The van der Waals surface area contributed by atoms with Gasteiger partial charge in [-0.15, -0.1) is 0 Å². The van der Waals surface area contributed by atoms with Crippen LogP contribution in [0.3, 0.4) is 0 Å². The van der Waals surface area contributed by atoms with E-state index in [1.807, 2.05) is 33.8 Å². The number of Topliss-reactive ketones (excluding diaryl/α,β-unsaturated/α-hetero) is 1. The maximum absolute atomic E-state index is 13.4. The van der Waals surface area contributed by atoms with Crippen LogP contribution in [0.5, 0.6) is 0 Å². The first-order valence-electron chi connectivity index (χ1n) is 9.37. The summed E-state index contributed by atoms with van der Waals surface area (Å²) in [5.41, 5.74) is -0.474. The lowest BCUT2D eigenvalue weighted by atomic mass is 9.40. The van der Waals surface area contributed by atoms with Gasteiger partial charge >= 0.3 is 5.97 Å². The first kappa shape index (κ1) is 17.5. The van der Waals surface area contributed by atoms with Crippen LogP contribution in [0, 0.1) is 34.5 Å². The maximum atomic E-state index is 13.4. The van der Waals surface area contributed by atoms with Gasteiger partial charge in [0.25, 0.3) is 0 Å². The van der Waals surface area contributed by atoms with Crippen molar-refractivity contribution in [3.05, 3.63) is 23.5 Å². The molecule has 4 rings (SSSR count). The molecular formula is C21H26O5. The van der Waals surface area contributed by atoms with Crippen molar-refractivity contribution in [3.8, 4) is 0 Å². The Morgan fingerprint density at radius 3 is 2.58 bits per heavy atom. The molecule has 26 heavy (non-hydrogen) atoms. The topological polar surface area (TPSA) is 69.7 Å². The normalized spacial score (nSPS) is 47.3. The molecule has 2 fully saturated rings. The van der Waals surface area contributed by atoms with Gasteiger partial charge < -0.3 is 9.47 Å². The van der Waals surface area contributed by atoms with Gasteiger partial charge in [0.15, 0.2) is 11.5 Å². The minimum Gasteiger partial charge on any atom is -0.493 e. The number of allylic oxidation sites excluding steroid dienone is 4. The van der Waals surface area contributed by atoms with E-state index in [2.05, 4.69) is 0 Å². The molecule has 7 unspecified atom stereocenters. The van der Waals surface area contributed by atoms with Crippen molar-refractivity contribution in [2.75, 3.05) is 7.11 Å². The highest BCUT2D eigenvalue weighted by Crippen LogP contribution is 2.66. The van der Waals surface area contributed by atoms with E-state index in [9.17, 15) is 14.4 Å². The van der Waals surface area contributed by atoms with E-state index in [1.165, 1.54) is 7.11 Å². The van der Waals surface area contributed by atoms with E-state index in [0.29, 0.717) is 12.2 Å². The van der Waals surface area contributed by atoms with Crippen LogP contribution in [0.4, 0.5) is 0 Å². The van der Waals surface area contributed by atoms with Crippen LogP contribution in [0.2, 0.25) is 0 Å². The summed E-state index contributed by atoms with van der Waals surface area (Å²) >= 11 is 0. The molecule has 0 bridgehead atoms. The molecule has 5 heteroatoms. The zero-order valence-electron chi connectivity index (χ0n) is 16.0. The summed E-state index contributed by atoms with van der Waals surface area (Å²) in [6.07, 6.45) is 4.05. The second kappa shape index (κ2) is 5.30. The molecule has 0 amide bonds. The molecule has 0 aromatic rings. The Morgan fingerprint density at radius 1 is 1.23 bits per heavy atom. The third-order valence-corrected chi connectivity index (χ3v) is 7.74. The predicted octanol–water partition coefficient (Wildman–Crippen LogP) is 2.84. The number of hydrogen-bond donors (Lipinski definition) is 0. The second-order valence-electron chi connectivity index (χ2n) is 8.87. The van der Waals surface area contributed by atoms with Crippen LogP contribution in [-0.4, -0.2) is 30.7 Å². The molecule has 1 saturated heterocycles. The standard InChI is InChI=1S/C21H26O5/c1-10-6-14(22)18-20(3)13(10)9-17(23)26-16(20)8-12-11(2)7-15(25-5)19(24)21(12,18)4/h6-7,11-13,16,18H,8-9H2,1-5H3. The van der Waals surface area contributed by atoms with Crippen molar-refractivity contribution < 1.29 is 23.9 Å². The number of carbonyl (C=O) groups is 3. The van der Waals surface area contributed by atoms with Crippen LogP contribution in [0.25, 0.3) is 0 Å². The van der Waals surface area contributed by atoms with E-state index in [1.54, 1.807) is 6.08 Å². The summed E-state index contributed by atoms with van der Waals surface area (Å²) in [5.74, 6) is -0.524. The monoisotopic (exact) mass is 358 g/mol. The predicted molar refractivity (Wildman–Crippen MR) is 93.8 cm³/mol. The highest BCUT2D eigenvalue weighted by atomic mass is 16.5. The summed E-state index contributed by atoms with van der Waals surface area (Å²) in [4.78, 5) is 38.9. The lowest BCUT2D eigenvalue weighted by Gasteiger charge is -2.63. The smallest absolute Gasteiger partial charge is 0.306 e. The average Bonchev–Trinajstić information content (AvgIpc) is 2.56. The Bertz CT molecular complexity index is 777. The van der Waals surface area contributed by atoms with Gasteiger partial charge in [-0.2, -0.15) is 0 Å². The van der Waals surface area contributed by atoms with E-state index >= 15 is 0 Å². The SMILES string of the molecule is COC1=CC(C)C2CC3OC(=O)CC4C(C)=CC(=O)C(C2(C)C1=O)C34C. The van der Waals surface area contributed by atoms with Crippen LogP contribution in [-0.2, 0) is 23.9 Å². The third-order valence-electron chi connectivity index (χ3n) is 7.74. The van der Waals surface area contributed by atoms with Gasteiger partial charge in [0.2, 0.25) is 5.78 Å². The van der Waals surface area contributed by atoms with Crippen molar-refractivity contribution in [3.63, 3.8) is 0 Å². The summed E-state index contributed by atoms with van der Waals surface area (Å²) in [6.45, 7) is 7.93. The van der Waals surface area contributed by atoms with E-state index in [0.717, 1.165) is 5.57 Å². The van der Waals surface area contributed by atoms with Gasteiger partial charge in [-0.1, -0.05) is 26.3 Å². The zero-order chi connectivity index (χ0) is 19.0. The van der Waals surface area contributed by atoms with Gasteiger partial charge in [0.05, 0.1) is 13.5 Å². The van der Waals surface area contributed by atoms with Crippen molar-refractivity contribution in [1.82, 2.24) is 0 Å². The van der Waals surface area contributed by atoms with Gasteiger partial charge in [0, 0.05) is 22.7 Å². The summed E-state index contributed by atoms with van der Waals surface area (Å²) < 4.78 is 11.1. The molecule has 1 aliphatic heterocycles. The molecule has 4 aliphatic rings. The molecule has 0 radical (unpaired) electrons. The Labute approximate surface area is 153 Å². The minimum absolute atomic E-state index is 0.0192. The lowest BCUT2D eigenvalue weighted by Crippen LogP contribution is -2.68. The molecule has 0 N–H and O–H groups in total. The first-order valence-corrected chi connectivity index (χ1v) is 9.37. The van der Waals surface area contributed by atoms with Gasteiger partial charge in [-0.3, -0.25) is 14.4 Å². The summed E-state index contributed by atoms with van der Waals surface area (Å²) in [7, 11) is 1.51. The number of carbonyl (C=O) groups excluding carboxylic acids is 3. The number of esters is 1. The highest BCUT2D eigenvalue weighted by Gasteiger charge is 2.70. The fourth-order valence-corrected chi connectivity index (χ4v) is 6.55. The fraction of sp³-hybridized carbons (Fsp3) is 0.667. The van der Waals surface area contributed by atoms with Crippen LogP contribution >= 0.6 is 0 Å². The van der Waals surface area contributed by atoms with Gasteiger partial charge in [-0.05, 0) is 37.3 Å². The molecule has 1 heterocycles. The molecule has 7 atom stereocenters. The van der Waals surface area contributed by atoms with Crippen molar-refractivity contribution in [1.29, 1.82) is 0 Å². The number of fused-ring (bicyclic) bond motifs is 2. The molecule has 5 nitrogen and oxygen atoms in total. The molecule has 0 aromatic carbocycles. The van der Waals surface area contributed by atoms with E-state index in [4.69, 9.17) is 9.47 Å². The number of rotatable bonds is 1. The Balaban J connectivity index is 1.95. The van der Waals surface area contributed by atoms with Crippen LogP contribution in [0.1, 0.15) is 40.5 Å². The second-order valence-corrected chi connectivity index (χ2v) is 8.87. The zero-order valence-corrected chi connectivity index (χ0v) is 16.0. The van der Waals surface area contributed by atoms with Crippen molar-refractivity contribution >= 4 is 17.5 Å². The molecule has 0 aromatic heterocycles. The molecule has 140 valence electrons. The van der Waals surface area contributed by atoms with Gasteiger partial charge in [0.1, 0.15) is 6.10 Å². The molecule has 3 aliphatic carbocycles. The molecule has 1 saturated carbocycles. The Morgan fingerprint density at radius 2 is 1.92 bits per heavy atom. The fourth-order valence-electron chi connectivity index (χ4n) is 6.55. The first-order chi connectivity index (χ1) is 12.1. The van der Waals surface area contributed by atoms with Crippen molar-refractivity contribution in [2.45, 2.75) is 46.6 Å². The number of ketones is 2. The van der Waals surface area contributed by atoms with E-state index < -0.39 is 16.7 Å². The Hall–Kier alpha value is -1.91. The molecule has 0 spiro atoms. The lowest BCUT2D eigenvalue weighted by molar-refractivity contribution is -0.215. The highest BCUT2D eigenvalue weighted by molar-refractivity contribution is 6.06. The van der Waals surface area contributed by atoms with Crippen molar-refractivity contribution in [2.24, 2.45) is 34.5 Å². The number of methoxy groups -OCH3 is 1. The molecular weight excluding hydrogens is 332 g/mol. The van der Waals surface area contributed by atoms with Crippen LogP contribution < -0.4 is 0 Å². The summed E-state index contributed by atoms with van der Waals surface area (Å²) in [6, 6.07) is 0. The average molecular weight is 358 g/mol. The quantitative estimate of drug-likeness (QED) is 0.674. The summed E-state index contributed by atoms with van der Waals surface area (Å²) in [5, 5.41) is 0. The number of ether oxygens (including phenoxy) is 2. The van der Waals surface area contributed by atoms with E-state index in [-0.39, 0.29) is 47.8 Å². The maximum Gasteiger partial charge on any atom is 0.306 e. The van der Waals surface area contributed by atoms with Gasteiger partial charge in [-0.25, -0.2) is 0 Å². The largest absolute Gasteiger partial charge is 0.493 e. The third kappa shape index (κ3) is 1.89.